The number of nitrogens with zero attached hydrogens (tertiary/aromatic N) is 2. The highest BCUT2D eigenvalue weighted by Gasteiger charge is 2.17. The van der Waals surface area contributed by atoms with E-state index < -0.39 is 0 Å². The molecule has 0 spiro atoms. The number of rotatable bonds is 7. The van der Waals surface area contributed by atoms with Crippen LogP contribution in [0, 0.1) is 4.77 Å². The molecule has 0 saturated heterocycles. The van der Waals surface area contributed by atoms with E-state index in [-0.39, 0.29) is 18.5 Å². The van der Waals surface area contributed by atoms with Gasteiger partial charge in [-0.3, -0.25) is 14.5 Å². The van der Waals surface area contributed by atoms with Crippen molar-refractivity contribution >= 4 is 29.7 Å². The van der Waals surface area contributed by atoms with Gasteiger partial charge in [0.05, 0.1) is 20.3 Å². The average molecular weight is 433 g/mol. The maximum atomic E-state index is 12.7. The van der Waals surface area contributed by atoms with E-state index in [1.807, 2.05) is 31.2 Å². The molecule has 29 heavy (non-hydrogen) atoms. The third-order valence-electron chi connectivity index (χ3n) is 4.44. The fourth-order valence-electron chi connectivity index (χ4n) is 2.97. The summed E-state index contributed by atoms with van der Waals surface area (Å²) in [5, 5.41) is 10.6. The first-order chi connectivity index (χ1) is 13.9. The van der Waals surface area contributed by atoms with Crippen LogP contribution >= 0.6 is 23.8 Å². The Kier molecular flexibility index (Phi) is 6.56. The second kappa shape index (κ2) is 9.11. The van der Waals surface area contributed by atoms with Gasteiger partial charge < -0.3 is 14.8 Å². The van der Waals surface area contributed by atoms with Gasteiger partial charge in [0.25, 0.3) is 0 Å². The van der Waals surface area contributed by atoms with Crippen molar-refractivity contribution < 1.29 is 14.3 Å². The van der Waals surface area contributed by atoms with Gasteiger partial charge in [-0.05, 0) is 61.6 Å². The number of nitrogens with one attached hydrogen (secondary N) is 2. The highest BCUT2D eigenvalue weighted by molar-refractivity contribution is 7.71. The predicted molar refractivity (Wildman–Crippen MR) is 114 cm³/mol. The molecular formula is C20H21ClN4O3S. The van der Waals surface area contributed by atoms with Crippen molar-refractivity contribution in [3.05, 3.63) is 57.8 Å². The van der Waals surface area contributed by atoms with Crippen molar-refractivity contribution in [3.8, 4) is 22.9 Å². The number of H-pyrrole nitrogens is 1. The monoisotopic (exact) mass is 432 g/mol. The van der Waals surface area contributed by atoms with Crippen molar-refractivity contribution in [3.63, 3.8) is 0 Å². The van der Waals surface area contributed by atoms with E-state index in [1.165, 1.54) is 0 Å². The molecule has 9 heteroatoms. The van der Waals surface area contributed by atoms with Crippen LogP contribution in [0.3, 0.4) is 0 Å². The fourth-order valence-corrected chi connectivity index (χ4v) is 3.29. The van der Waals surface area contributed by atoms with Crippen molar-refractivity contribution in [2.24, 2.45) is 0 Å². The van der Waals surface area contributed by atoms with Crippen molar-refractivity contribution in [1.82, 2.24) is 20.1 Å². The molecule has 3 aromatic rings. The Morgan fingerprint density at radius 3 is 2.62 bits per heavy atom. The zero-order valence-corrected chi connectivity index (χ0v) is 17.8. The van der Waals surface area contributed by atoms with Crippen LogP contribution in [0.4, 0.5) is 0 Å². The van der Waals surface area contributed by atoms with Gasteiger partial charge in [0.15, 0.2) is 10.6 Å². The number of ether oxygens (including phenoxy) is 2. The molecule has 1 amide bonds. The van der Waals surface area contributed by atoms with Crippen molar-refractivity contribution in [2.45, 2.75) is 19.5 Å². The lowest BCUT2D eigenvalue weighted by atomic mass is 10.1. The summed E-state index contributed by atoms with van der Waals surface area (Å²) >= 11 is 11.3. The molecule has 0 fully saturated rings. The summed E-state index contributed by atoms with van der Waals surface area (Å²) in [6, 6.07) is 12.3. The number of hydrogen-bond acceptors (Lipinski definition) is 5. The minimum atomic E-state index is -0.299. The number of carbonyl (C=O) groups excluding carboxylic acids is 1. The number of methoxy groups -OCH3 is 2. The Bertz CT molecular complexity index is 1060. The van der Waals surface area contributed by atoms with Crippen LogP contribution in [-0.4, -0.2) is 34.9 Å². The number of carbonyl (C=O) groups is 1. The van der Waals surface area contributed by atoms with Gasteiger partial charge in [-0.2, -0.15) is 5.10 Å². The molecule has 1 atom stereocenters. The van der Waals surface area contributed by atoms with Gasteiger partial charge in [0.2, 0.25) is 5.91 Å². The SMILES string of the molecule is COc1ccc(OC)c(C(C)NC(=O)Cn2c(-c3ccc(Cl)cc3)n[nH]c2=S)c1. The fraction of sp³-hybridized carbons (Fsp3) is 0.250. The van der Waals surface area contributed by atoms with E-state index in [9.17, 15) is 4.79 Å². The van der Waals surface area contributed by atoms with E-state index in [2.05, 4.69) is 15.5 Å². The Morgan fingerprint density at radius 2 is 1.97 bits per heavy atom. The molecule has 152 valence electrons. The van der Waals surface area contributed by atoms with Crippen LogP contribution in [0.2, 0.25) is 5.02 Å². The van der Waals surface area contributed by atoms with E-state index in [0.717, 1.165) is 11.1 Å². The van der Waals surface area contributed by atoms with Crippen LogP contribution in [0.25, 0.3) is 11.4 Å². The maximum absolute atomic E-state index is 12.7. The molecule has 0 aliphatic heterocycles. The first-order valence-electron chi connectivity index (χ1n) is 8.85. The Morgan fingerprint density at radius 1 is 1.24 bits per heavy atom. The summed E-state index contributed by atoms with van der Waals surface area (Å²) in [4.78, 5) is 12.7. The summed E-state index contributed by atoms with van der Waals surface area (Å²) in [5.74, 6) is 1.70. The molecule has 0 aliphatic carbocycles. The lowest BCUT2D eigenvalue weighted by Crippen LogP contribution is -2.30. The highest BCUT2D eigenvalue weighted by Crippen LogP contribution is 2.29. The molecule has 2 aromatic carbocycles. The maximum Gasteiger partial charge on any atom is 0.240 e. The zero-order chi connectivity index (χ0) is 21.0. The summed E-state index contributed by atoms with van der Waals surface area (Å²) in [6.07, 6.45) is 0. The van der Waals surface area contributed by atoms with E-state index in [4.69, 9.17) is 33.3 Å². The van der Waals surface area contributed by atoms with Gasteiger partial charge in [0, 0.05) is 16.1 Å². The first-order valence-corrected chi connectivity index (χ1v) is 9.64. The van der Waals surface area contributed by atoms with Crippen molar-refractivity contribution in [1.29, 1.82) is 0 Å². The third kappa shape index (κ3) is 4.78. The van der Waals surface area contributed by atoms with E-state index in [0.29, 0.717) is 27.1 Å². The normalized spacial score (nSPS) is 11.7. The molecule has 3 rings (SSSR count). The van der Waals surface area contributed by atoms with Crippen LogP contribution in [0.15, 0.2) is 42.5 Å². The van der Waals surface area contributed by atoms with Crippen molar-refractivity contribution in [2.75, 3.05) is 14.2 Å². The summed E-state index contributed by atoms with van der Waals surface area (Å²) in [5.41, 5.74) is 1.62. The number of benzene rings is 2. The standard InChI is InChI=1S/C20H21ClN4O3S/c1-12(16-10-15(27-2)8-9-17(16)28-3)22-18(26)11-25-19(23-24-20(25)29)13-4-6-14(21)7-5-13/h4-10,12H,11H2,1-3H3,(H,22,26)(H,24,29). The molecule has 1 heterocycles. The topological polar surface area (TPSA) is 81.2 Å². The van der Waals surface area contributed by atoms with Gasteiger partial charge in [-0.25, -0.2) is 0 Å². The molecule has 0 bridgehead atoms. The summed E-state index contributed by atoms with van der Waals surface area (Å²) < 4.78 is 12.7. The number of hydrogen-bond donors (Lipinski definition) is 2. The van der Waals surface area contributed by atoms with Crippen LogP contribution in [0.5, 0.6) is 11.5 Å². The average Bonchev–Trinajstić information content (AvgIpc) is 3.08. The van der Waals surface area contributed by atoms with Crippen LogP contribution < -0.4 is 14.8 Å². The quantitative estimate of drug-likeness (QED) is 0.548. The minimum Gasteiger partial charge on any atom is -0.497 e. The van der Waals surface area contributed by atoms with Crippen LogP contribution in [-0.2, 0) is 11.3 Å². The number of halogens is 1. The Hall–Kier alpha value is -2.84. The molecule has 1 unspecified atom stereocenters. The van der Waals surface area contributed by atoms with Gasteiger partial charge in [-0.1, -0.05) is 11.6 Å². The molecule has 0 radical (unpaired) electrons. The Balaban J connectivity index is 1.79. The zero-order valence-electron chi connectivity index (χ0n) is 16.2. The molecule has 1 aromatic heterocycles. The lowest BCUT2D eigenvalue weighted by Gasteiger charge is -2.18. The van der Waals surface area contributed by atoms with E-state index in [1.54, 1.807) is 37.0 Å². The number of amides is 1. The lowest BCUT2D eigenvalue weighted by molar-refractivity contribution is -0.122. The summed E-state index contributed by atoms with van der Waals surface area (Å²) in [7, 11) is 3.18. The second-order valence-corrected chi connectivity index (χ2v) is 7.17. The molecule has 2 N–H and O–H groups in total. The third-order valence-corrected chi connectivity index (χ3v) is 5.01. The minimum absolute atomic E-state index is 0.0178. The second-order valence-electron chi connectivity index (χ2n) is 6.34. The largest absolute Gasteiger partial charge is 0.497 e. The van der Waals surface area contributed by atoms with Gasteiger partial charge in [-0.15, -0.1) is 0 Å². The first kappa shape index (κ1) is 20.9. The van der Waals surface area contributed by atoms with Crippen LogP contribution in [0.1, 0.15) is 18.5 Å². The van der Waals surface area contributed by atoms with Gasteiger partial charge >= 0.3 is 0 Å². The Labute approximate surface area is 178 Å². The highest BCUT2D eigenvalue weighted by atomic mass is 35.5. The molecule has 7 nitrogen and oxygen atoms in total. The smallest absolute Gasteiger partial charge is 0.240 e. The molecular weight excluding hydrogens is 412 g/mol. The van der Waals surface area contributed by atoms with Gasteiger partial charge in [0.1, 0.15) is 18.0 Å². The molecule has 0 aliphatic rings. The summed E-state index contributed by atoms with van der Waals surface area (Å²) in [6.45, 7) is 1.90. The number of aromatic amines is 1. The predicted octanol–water partition coefficient (Wildman–Crippen LogP) is 4.16. The molecule has 0 saturated carbocycles. The van der Waals surface area contributed by atoms with E-state index >= 15 is 0 Å². The number of aromatic nitrogens is 3.